The number of anilines is 1. The number of hydrogen-bond acceptors (Lipinski definition) is 2. The van der Waals surface area contributed by atoms with Crippen LogP contribution in [-0.4, -0.2) is 25.8 Å². The van der Waals surface area contributed by atoms with Gasteiger partial charge in [-0.15, -0.1) is 0 Å². The van der Waals surface area contributed by atoms with E-state index in [1.54, 1.807) is 4.31 Å². The van der Waals surface area contributed by atoms with E-state index in [-0.39, 0.29) is 0 Å². The Kier molecular flexibility index (Phi) is 4.16. The van der Waals surface area contributed by atoms with Crippen LogP contribution in [0.4, 0.5) is 5.69 Å². The fraction of sp³-hybridized carbons (Fsp3) is 0.571. The van der Waals surface area contributed by atoms with Gasteiger partial charge in [-0.3, -0.25) is 4.72 Å². The highest BCUT2D eigenvalue weighted by Crippen LogP contribution is 2.24. The summed E-state index contributed by atoms with van der Waals surface area (Å²) in [6, 6.07) is 4.00. The van der Waals surface area contributed by atoms with Crippen molar-refractivity contribution in [1.82, 2.24) is 4.31 Å². The first-order valence-corrected chi connectivity index (χ1v) is 8.20. The normalized spacial score (nSPS) is 17.4. The van der Waals surface area contributed by atoms with Gasteiger partial charge in [-0.1, -0.05) is 24.1 Å². The van der Waals surface area contributed by atoms with Gasteiger partial charge in [0.05, 0.1) is 5.69 Å². The maximum Gasteiger partial charge on any atom is 0.301 e. The van der Waals surface area contributed by atoms with E-state index >= 15 is 0 Å². The fourth-order valence-corrected chi connectivity index (χ4v) is 4.09. The number of nitrogens with one attached hydrogen (secondary N) is 1. The van der Waals surface area contributed by atoms with Gasteiger partial charge in [0.2, 0.25) is 0 Å². The topological polar surface area (TPSA) is 49.4 Å². The lowest BCUT2D eigenvalue weighted by atomic mass is 10.1. The summed E-state index contributed by atoms with van der Waals surface area (Å²) in [7, 11) is -3.41. The molecule has 1 aliphatic heterocycles. The number of nitrogens with zero attached hydrogens (tertiary/aromatic N) is 1. The zero-order valence-electron chi connectivity index (χ0n) is 11.9. The van der Waals surface area contributed by atoms with Gasteiger partial charge in [-0.25, -0.2) is 0 Å². The number of aryl methyl sites for hydroxylation is 3. The highest BCUT2D eigenvalue weighted by molar-refractivity contribution is 7.90. The molecular weight excluding hydrogens is 260 g/mol. The molecule has 1 aromatic rings. The Morgan fingerprint density at radius 3 is 2.05 bits per heavy atom. The standard InChI is InChI=1S/C14H22N2O2S/c1-11-9-12(2)14(13(3)10-11)15-19(17,18)16-7-5-4-6-8-16/h9-10,15H,4-8H2,1-3H3. The zero-order chi connectivity index (χ0) is 14.0. The van der Waals surface area contributed by atoms with Crippen molar-refractivity contribution in [1.29, 1.82) is 0 Å². The van der Waals surface area contributed by atoms with Crippen LogP contribution in [0.5, 0.6) is 0 Å². The lowest BCUT2D eigenvalue weighted by molar-refractivity contribution is 0.349. The molecule has 0 spiro atoms. The Hall–Kier alpha value is -1.07. The quantitative estimate of drug-likeness (QED) is 0.926. The third-order valence-corrected chi connectivity index (χ3v) is 5.07. The molecular formula is C14H22N2O2S. The molecule has 1 aliphatic rings. The predicted molar refractivity (Wildman–Crippen MR) is 78.6 cm³/mol. The van der Waals surface area contributed by atoms with Gasteiger partial charge in [-0.05, 0) is 44.7 Å². The van der Waals surface area contributed by atoms with E-state index in [0.29, 0.717) is 13.1 Å². The number of rotatable bonds is 3. The Bertz CT molecular complexity index is 538. The highest BCUT2D eigenvalue weighted by atomic mass is 32.2. The monoisotopic (exact) mass is 282 g/mol. The zero-order valence-corrected chi connectivity index (χ0v) is 12.7. The molecule has 2 rings (SSSR count). The minimum absolute atomic E-state index is 0.624. The molecule has 1 saturated heterocycles. The van der Waals surface area contributed by atoms with Crippen LogP contribution in [0.2, 0.25) is 0 Å². The summed E-state index contributed by atoms with van der Waals surface area (Å²) >= 11 is 0. The van der Waals surface area contributed by atoms with Crippen LogP contribution >= 0.6 is 0 Å². The largest absolute Gasteiger partial charge is 0.301 e. The highest BCUT2D eigenvalue weighted by Gasteiger charge is 2.24. The molecule has 4 nitrogen and oxygen atoms in total. The summed E-state index contributed by atoms with van der Waals surface area (Å²) in [6.07, 6.45) is 3.02. The Balaban J connectivity index is 2.25. The molecule has 1 N–H and O–H groups in total. The van der Waals surface area contributed by atoms with E-state index in [9.17, 15) is 8.42 Å². The van der Waals surface area contributed by atoms with Crippen molar-refractivity contribution in [3.05, 3.63) is 28.8 Å². The van der Waals surface area contributed by atoms with Crippen LogP contribution in [0.3, 0.4) is 0 Å². The van der Waals surface area contributed by atoms with Gasteiger partial charge in [0.15, 0.2) is 0 Å². The average molecular weight is 282 g/mol. The van der Waals surface area contributed by atoms with Gasteiger partial charge in [0, 0.05) is 13.1 Å². The van der Waals surface area contributed by atoms with E-state index in [4.69, 9.17) is 0 Å². The molecule has 1 aromatic carbocycles. The molecule has 19 heavy (non-hydrogen) atoms. The molecule has 0 unspecified atom stereocenters. The summed E-state index contributed by atoms with van der Waals surface area (Å²) in [6.45, 7) is 7.14. The molecule has 0 aromatic heterocycles. The van der Waals surface area contributed by atoms with Gasteiger partial charge in [0.25, 0.3) is 0 Å². The van der Waals surface area contributed by atoms with Crippen molar-refractivity contribution in [2.75, 3.05) is 17.8 Å². The van der Waals surface area contributed by atoms with Crippen LogP contribution in [-0.2, 0) is 10.2 Å². The molecule has 5 heteroatoms. The van der Waals surface area contributed by atoms with Crippen molar-refractivity contribution in [3.8, 4) is 0 Å². The van der Waals surface area contributed by atoms with E-state index in [1.165, 1.54) is 0 Å². The third-order valence-electron chi connectivity index (χ3n) is 3.56. The lowest BCUT2D eigenvalue weighted by Gasteiger charge is -2.27. The summed E-state index contributed by atoms with van der Waals surface area (Å²) in [5.74, 6) is 0. The molecule has 106 valence electrons. The first kappa shape index (κ1) is 14.3. The Labute approximate surface area is 116 Å². The third kappa shape index (κ3) is 3.28. The van der Waals surface area contributed by atoms with Crippen LogP contribution in [0.25, 0.3) is 0 Å². The van der Waals surface area contributed by atoms with Crippen LogP contribution in [0.1, 0.15) is 36.0 Å². The molecule has 1 fully saturated rings. The molecule has 0 amide bonds. The Morgan fingerprint density at radius 1 is 1.00 bits per heavy atom. The van der Waals surface area contributed by atoms with Gasteiger partial charge < -0.3 is 0 Å². The summed E-state index contributed by atoms with van der Waals surface area (Å²) < 4.78 is 29.0. The van der Waals surface area contributed by atoms with Gasteiger partial charge in [-0.2, -0.15) is 12.7 Å². The van der Waals surface area contributed by atoms with Crippen molar-refractivity contribution in [2.45, 2.75) is 40.0 Å². The van der Waals surface area contributed by atoms with Gasteiger partial charge >= 0.3 is 10.2 Å². The SMILES string of the molecule is Cc1cc(C)c(NS(=O)(=O)N2CCCCC2)c(C)c1. The van der Waals surface area contributed by atoms with Crippen LogP contribution < -0.4 is 4.72 Å². The van der Waals surface area contributed by atoms with Crippen molar-refractivity contribution in [3.63, 3.8) is 0 Å². The van der Waals surface area contributed by atoms with E-state index in [0.717, 1.165) is 41.6 Å². The van der Waals surface area contributed by atoms with E-state index in [2.05, 4.69) is 4.72 Å². The molecule has 0 radical (unpaired) electrons. The maximum atomic E-state index is 12.4. The molecule has 0 atom stereocenters. The lowest BCUT2D eigenvalue weighted by Crippen LogP contribution is -2.39. The summed E-state index contributed by atoms with van der Waals surface area (Å²) in [5, 5.41) is 0. The Morgan fingerprint density at radius 2 is 1.53 bits per heavy atom. The second-order valence-corrected chi connectivity index (χ2v) is 7.01. The van der Waals surface area contributed by atoms with Crippen molar-refractivity contribution < 1.29 is 8.42 Å². The summed E-state index contributed by atoms with van der Waals surface area (Å²) in [4.78, 5) is 0. The van der Waals surface area contributed by atoms with Crippen LogP contribution in [0.15, 0.2) is 12.1 Å². The maximum absolute atomic E-state index is 12.4. The number of piperidine rings is 1. The molecule has 1 heterocycles. The summed E-state index contributed by atoms with van der Waals surface area (Å²) in [5.41, 5.74) is 3.81. The smallest absolute Gasteiger partial charge is 0.270 e. The predicted octanol–water partition coefficient (Wildman–Crippen LogP) is 2.75. The van der Waals surface area contributed by atoms with Crippen molar-refractivity contribution in [2.24, 2.45) is 0 Å². The number of hydrogen-bond donors (Lipinski definition) is 1. The van der Waals surface area contributed by atoms with E-state index in [1.807, 2.05) is 32.9 Å². The second-order valence-electron chi connectivity index (χ2n) is 5.34. The first-order chi connectivity index (χ1) is 8.90. The molecule has 0 saturated carbocycles. The second kappa shape index (κ2) is 5.51. The fourth-order valence-electron chi connectivity index (χ4n) is 2.64. The minimum atomic E-state index is -3.41. The average Bonchev–Trinajstić information content (AvgIpc) is 2.35. The van der Waals surface area contributed by atoms with E-state index < -0.39 is 10.2 Å². The minimum Gasteiger partial charge on any atom is -0.270 e. The van der Waals surface area contributed by atoms with Crippen LogP contribution in [0, 0.1) is 20.8 Å². The molecule has 0 aliphatic carbocycles. The van der Waals surface area contributed by atoms with Gasteiger partial charge in [0.1, 0.15) is 0 Å². The number of benzene rings is 1. The first-order valence-electron chi connectivity index (χ1n) is 6.76. The molecule has 0 bridgehead atoms. The van der Waals surface area contributed by atoms with Crippen molar-refractivity contribution >= 4 is 15.9 Å².